The summed E-state index contributed by atoms with van der Waals surface area (Å²) in [6.07, 6.45) is 0. The fraction of sp³-hybridized carbons (Fsp3) is 0.286. The van der Waals surface area contributed by atoms with Crippen LogP contribution in [-0.2, 0) is 0 Å². The Morgan fingerprint density at radius 2 is 1.61 bits per heavy atom. The first-order chi connectivity index (χ1) is 8.49. The Hall–Kier alpha value is -1.61. The summed E-state index contributed by atoms with van der Waals surface area (Å²) in [5.41, 5.74) is 4.04. The van der Waals surface area contributed by atoms with E-state index in [0.717, 1.165) is 22.5 Å². The SMILES string of the molecule is Cc1nc(Cl)c(C)c(-c2ccc(N(C)C)cc2)n1. The highest BCUT2D eigenvalue weighted by molar-refractivity contribution is 6.30. The number of hydrogen-bond acceptors (Lipinski definition) is 3. The van der Waals surface area contributed by atoms with Gasteiger partial charge in [-0.25, -0.2) is 9.97 Å². The predicted molar refractivity (Wildman–Crippen MR) is 76.3 cm³/mol. The Morgan fingerprint density at radius 1 is 1.00 bits per heavy atom. The third-order valence-corrected chi connectivity index (χ3v) is 3.22. The first-order valence-electron chi connectivity index (χ1n) is 5.77. The van der Waals surface area contributed by atoms with Crippen LogP contribution in [0, 0.1) is 13.8 Å². The number of anilines is 1. The van der Waals surface area contributed by atoms with Crippen LogP contribution in [0.3, 0.4) is 0 Å². The largest absolute Gasteiger partial charge is 0.378 e. The van der Waals surface area contributed by atoms with Gasteiger partial charge in [-0.05, 0) is 26.0 Å². The smallest absolute Gasteiger partial charge is 0.136 e. The molecule has 0 aliphatic carbocycles. The van der Waals surface area contributed by atoms with Crippen molar-refractivity contribution >= 4 is 17.3 Å². The molecule has 0 spiro atoms. The molecule has 94 valence electrons. The number of aromatic nitrogens is 2. The fourth-order valence-electron chi connectivity index (χ4n) is 1.79. The molecule has 2 aromatic rings. The monoisotopic (exact) mass is 261 g/mol. The van der Waals surface area contributed by atoms with E-state index in [4.69, 9.17) is 11.6 Å². The second-order valence-electron chi connectivity index (χ2n) is 4.48. The van der Waals surface area contributed by atoms with Gasteiger partial charge in [0.1, 0.15) is 11.0 Å². The van der Waals surface area contributed by atoms with Crippen molar-refractivity contribution in [3.8, 4) is 11.3 Å². The summed E-state index contributed by atoms with van der Waals surface area (Å²) in [7, 11) is 4.04. The van der Waals surface area contributed by atoms with Crippen molar-refractivity contribution in [1.82, 2.24) is 9.97 Å². The average molecular weight is 262 g/mol. The van der Waals surface area contributed by atoms with Gasteiger partial charge in [-0.3, -0.25) is 0 Å². The number of hydrogen-bond donors (Lipinski definition) is 0. The Labute approximate surface area is 112 Å². The predicted octanol–water partition coefficient (Wildman–Crippen LogP) is 3.48. The number of rotatable bonds is 2. The standard InChI is InChI=1S/C14H16ClN3/c1-9-13(16-10(2)17-14(9)15)11-5-7-12(8-6-11)18(3)4/h5-8H,1-4H3. The summed E-state index contributed by atoms with van der Waals surface area (Å²) in [5.74, 6) is 0.692. The lowest BCUT2D eigenvalue weighted by atomic mass is 10.1. The van der Waals surface area contributed by atoms with Gasteiger partial charge < -0.3 is 4.90 Å². The normalized spacial score (nSPS) is 10.5. The van der Waals surface area contributed by atoms with Crippen LogP contribution in [0.5, 0.6) is 0 Å². The maximum atomic E-state index is 6.09. The van der Waals surface area contributed by atoms with Gasteiger partial charge in [0.15, 0.2) is 0 Å². The Bertz CT molecular complexity index is 562. The van der Waals surface area contributed by atoms with E-state index >= 15 is 0 Å². The van der Waals surface area contributed by atoms with Crippen LogP contribution in [0.1, 0.15) is 11.4 Å². The fourth-order valence-corrected chi connectivity index (χ4v) is 2.00. The van der Waals surface area contributed by atoms with Crippen LogP contribution in [0.4, 0.5) is 5.69 Å². The van der Waals surface area contributed by atoms with E-state index in [0.29, 0.717) is 11.0 Å². The third-order valence-electron chi connectivity index (χ3n) is 2.86. The molecule has 4 heteroatoms. The Kier molecular flexibility index (Phi) is 3.53. The van der Waals surface area contributed by atoms with E-state index in [9.17, 15) is 0 Å². The van der Waals surface area contributed by atoms with Gasteiger partial charge in [-0.2, -0.15) is 0 Å². The molecular formula is C14H16ClN3. The molecule has 0 atom stereocenters. The maximum absolute atomic E-state index is 6.09. The molecule has 0 amide bonds. The molecule has 3 nitrogen and oxygen atoms in total. The molecular weight excluding hydrogens is 246 g/mol. The van der Waals surface area contributed by atoms with Crippen LogP contribution >= 0.6 is 11.6 Å². The molecule has 0 saturated heterocycles. The zero-order valence-corrected chi connectivity index (χ0v) is 11.8. The molecule has 0 N–H and O–H groups in total. The van der Waals surface area contributed by atoms with E-state index in [-0.39, 0.29) is 0 Å². The molecule has 0 bridgehead atoms. The second-order valence-corrected chi connectivity index (χ2v) is 4.83. The van der Waals surface area contributed by atoms with Crippen molar-refractivity contribution in [1.29, 1.82) is 0 Å². The van der Waals surface area contributed by atoms with E-state index in [1.165, 1.54) is 0 Å². The minimum Gasteiger partial charge on any atom is -0.378 e. The molecule has 0 unspecified atom stereocenters. The summed E-state index contributed by atoms with van der Waals surface area (Å²) >= 11 is 6.09. The maximum Gasteiger partial charge on any atom is 0.136 e. The van der Waals surface area contributed by atoms with Crippen LogP contribution in [0.25, 0.3) is 11.3 Å². The summed E-state index contributed by atoms with van der Waals surface area (Å²) in [4.78, 5) is 10.7. The Balaban J connectivity index is 2.49. The van der Waals surface area contributed by atoms with Gasteiger partial charge in [0.05, 0.1) is 5.69 Å². The first-order valence-corrected chi connectivity index (χ1v) is 6.15. The van der Waals surface area contributed by atoms with Crippen LogP contribution in [0.2, 0.25) is 5.15 Å². The minimum absolute atomic E-state index is 0.522. The topological polar surface area (TPSA) is 29.0 Å². The molecule has 1 heterocycles. The molecule has 1 aromatic heterocycles. The quantitative estimate of drug-likeness (QED) is 0.775. The van der Waals surface area contributed by atoms with E-state index in [1.807, 2.05) is 27.9 Å². The highest BCUT2D eigenvalue weighted by atomic mass is 35.5. The lowest BCUT2D eigenvalue weighted by molar-refractivity contribution is 1.04. The van der Waals surface area contributed by atoms with Crippen LogP contribution in [-0.4, -0.2) is 24.1 Å². The molecule has 1 aromatic carbocycles. The van der Waals surface area contributed by atoms with Crippen molar-refractivity contribution in [3.05, 3.63) is 40.8 Å². The van der Waals surface area contributed by atoms with Crippen LogP contribution < -0.4 is 4.90 Å². The lowest BCUT2D eigenvalue weighted by Crippen LogP contribution is -2.08. The molecule has 0 saturated carbocycles. The van der Waals surface area contributed by atoms with Gasteiger partial charge in [0.25, 0.3) is 0 Å². The highest BCUT2D eigenvalue weighted by Crippen LogP contribution is 2.27. The lowest BCUT2D eigenvalue weighted by Gasteiger charge is -2.13. The third kappa shape index (κ3) is 2.46. The zero-order valence-electron chi connectivity index (χ0n) is 11.0. The number of aryl methyl sites for hydroxylation is 1. The van der Waals surface area contributed by atoms with Gasteiger partial charge in [-0.1, -0.05) is 23.7 Å². The van der Waals surface area contributed by atoms with E-state index in [1.54, 1.807) is 0 Å². The summed E-state index contributed by atoms with van der Waals surface area (Å²) in [6, 6.07) is 8.25. The van der Waals surface area contributed by atoms with E-state index in [2.05, 4.69) is 39.1 Å². The van der Waals surface area contributed by atoms with Crippen molar-refractivity contribution in [3.63, 3.8) is 0 Å². The zero-order chi connectivity index (χ0) is 13.3. The Morgan fingerprint density at radius 3 is 2.17 bits per heavy atom. The molecule has 0 radical (unpaired) electrons. The van der Waals surface area contributed by atoms with Crippen LogP contribution in [0.15, 0.2) is 24.3 Å². The van der Waals surface area contributed by atoms with Gasteiger partial charge in [0, 0.05) is 30.9 Å². The summed E-state index contributed by atoms with van der Waals surface area (Å²) in [5, 5.41) is 0.522. The average Bonchev–Trinajstić information content (AvgIpc) is 2.34. The first kappa shape index (κ1) is 12.8. The number of nitrogens with zero attached hydrogens (tertiary/aromatic N) is 3. The minimum atomic E-state index is 0.522. The number of halogens is 1. The highest BCUT2D eigenvalue weighted by Gasteiger charge is 2.09. The van der Waals surface area contributed by atoms with E-state index < -0.39 is 0 Å². The second kappa shape index (κ2) is 4.94. The summed E-state index contributed by atoms with van der Waals surface area (Å²) < 4.78 is 0. The molecule has 0 aliphatic rings. The van der Waals surface area contributed by atoms with Crippen molar-refractivity contribution < 1.29 is 0 Å². The van der Waals surface area contributed by atoms with Crippen molar-refractivity contribution in [2.75, 3.05) is 19.0 Å². The molecule has 2 rings (SSSR count). The summed E-state index contributed by atoms with van der Waals surface area (Å²) in [6.45, 7) is 3.79. The van der Waals surface area contributed by atoms with Gasteiger partial charge >= 0.3 is 0 Å². The number of benzene rings is 1. The van der Waals surface area contributed by atoms with Crippen molar-refractivity contribution in [2.24, 2.45) is 0 Å². The molecule has 18 heavy (non-hydrogen) atoms. The van der Waals surface area contributed by atoms with Gasteiger partial charge in [0.2, 0.25) is 0 Å². The van der Waals surface area contributed by atoms with Crippen molar-refractivity contribution in [2.45, 2.75) is 13.8 Å². The molecule has 0 aliphatic heterocycles. The molecule has 0 fully saturated rings. The van der Waals surface area contributed by atoms with Gasteiger partial charge in [-0.15, -0.1) is 0 Å².